The molecule has 0 spiro atoms. The SMILES string of the molecule is C/C=C/c1cnc(SC)nc1NC(C)C. The highest BCUT2D eigenvalue weighted by Crippen LogP contribution is 2.18. The van der Waals surface area contributed by atoms with E-state index in [1.165, 1.54) is 0 Å². The minimum Gasteiger partial charge on any atom is -0.367 e. The molecule has 4 heteroatoms. The van der Waals surface area contributed by atoms with Gasteiger partial charge in [-0.2, -0.15) is 0 Å². The molecule has 0 aliphatic heterocycles. The number of nitrogens with one attached hydrogen (secondary N) is 1. The van der Waals surface area contributed by atoms with Crippen LogP contribution in [0.5, 0.6) is 0 Å². The third-order valence-electron chi connectivity index (χ3n) is 1.75. The Kier molecular flexibility index (Phi) is 4.62. The quantitative estimate of drug-likeness (QED) is 0.629. The lowest BCUT2D eigenvalue weighted by Crippen LogP contribution is -2.12. The van der Waals surface area contributed by atoms with Crippen LogP contribution in [0.15, 0.2) is 17.4 Å². The van der Waals surface area contributed by atoms with Gasteiger partial charge in [0.25, 0.3) is 0 Å². The number of hydrogen-bond acceptors (Lipinski definition) is 4. The lowest BCUT2D eigenvalue weighted by molar-refractivity contribution is 0.865. The summed E-state index contributed by atoms with van der Waals surface area (Å²) in [6, 6.07) is 0.374. The highest BCUT2D eigenvalue weighted by Gasteiger charge is 2.05. The first-order valence-corrected chi connectivity index (χ1v) is 6.20. The Hall–Kier alpha value is -1.03. The lowest BCUT2D eigenvalue weighted by atomic mass is 10.2. The molecule has 82 valence electrons. The molecular weight excluding hydrogens is 206 g/mol. The van der Waals surface area contributed by atoms with Crippen LogP contribution < -0.4 is 5.32 Å². The van der Waals surface area contributed by atoms with Crippen molar-refractivity contribution < 1.29 is 0 Å². The third-order valence-corrected chi connectivity index (χ3v) is 2.31. The Labute approximate surface area is 95.4 Å². The predicted octanol–water partition coefficient (Wildman–Crippen LogP) is 3.05. The molecular formula is C11H17N3S. The smallest absolute Gasteiger partial charge is 0.189 e. The van der Waals surface area contributed by atoms with Gasteiger partial charge < -0.3 is 5.32 Å². The van der Waals surface area contributed by atoms with Gasteiger partial charge in [-0.1, -0.05) is 23.9 Å². The van der Waals surface area contributed by atoms with Gasteiger partial charge in [-0.25, -0.2) is 9.97 Å². The maximum atomic E-state index is 4.44. The average molecular weight is 223 g/mol. The van der Waals surface area contributed by atoms with Gasteiger partial charge in [0, 0.05) is 17.8 Å². The fraction of sp³-hybridized carbons (Fsp3) is 0.455. The number of nitrogens with zero attached hydrogens (tertiary/aromatic N) is 2. The molecule has 0 saturated heterocycles. The normalized spacial score (nSPS) is 11.3. The summed E-state index contributed by atoms with van der Waals surface area (Å²) in [4.78, 5) is 8.68. The van der Waals surface area contributed by atoms with Gasteiger partial charge in [0.2, 0.25) is 0 Å². The summed E-state index contributed by atoms with van der Waals surface area (Å²) >= 11 is 1.55. The third kappa shape index (κ3) is 3.55. The zero-order valence-electron chi connectivity index (χ0n) is 9.61. The van der Waals surface area contributed by atoms with Crippen LogP contribution >= 0.6 is 11.8 Å². The number of anilines is 1. The van der Waals surface area contributed by atoms with Crippen LogP contribution in [0.2, 0.25) is 0 Å². The largest absolute Gasteiger partial charge is 0.367 e. The van der Waals surface area contributed by atoms with E-state index in [9.17, 15) is 0 Å². The molecule has 1 aromatic heterocycles. The minimum atomic E-state index is 0.374. The maximum absolute atomic E-state index is 4.44. The number of aromatic nitrogens is 2. The van der Waals surface area contributed by atoms with Gasteiger partial charge in [0.1, 0.15) is 5.82 Å². The zero-order chi connectivity index (χ0) is 11.3. The molecule has 0 unspecified atom stereocenters. The Bertz CT molecular complexity index is 348. The van der Waals surface area contributed by atoms with Crippen LogP contribution in [-0.2, 0) is 0 Å². The monoisotopic (exact) mass is 223 g/mol. The molecule has 1 aromatic rings. The number of allylic oxidation sites excluding steroid dienone is 1. The Balaban J connectivity index is 3.04. The summed E-state index contributed by atoms with van der Waals surface area (Å²) in [6.07, 6.45) is 7.82. The second-order valence-corrected chi connectivity index (χ2v) is 4.23. The second kappa shape index (κ2) is 5.75. The maximum Gasteiger partial charge on any atom is 0.189 e. The van der Waals surface area contributed by atoms with Crippen LogP contribution in [0, 0.1) is 0 Å². The van der Waals surface area contributed by atoms with E-state index in [4.69, 9.17) is 0 Å². The molecule has 3 nitrogen and oxygen atoms in total. The minimum absolute atomic E-state index is 0.374. The molecule has 0 amide bonds. The second-order valence-electron chi connectivity index (χ2n) is 3.46. The van der Waals surface area contributed by atoms with E-state index in [0.717, 1.165) is 16.5 Å². The summed E-state index contributed by atoms with van der Waals surface area (Å²) in [5.41, 5.74) is 1.03. The van der Waals surface area contributed by atoms with Crippen molar-refractivity contribution in [1.29, 1.82) is 0 Å². The van der Waals surface area contributed by atoms with Gasteiger partial charge in [-0.05, 0) is 27.0 Å². The summed E-state index contributed by atoms with van der Waals surface area (Å²) in [6.45, 7) is 6.18. The van der Waals surface area contributed by atoms with Crippen LogP contribution in [0.3, 0.4) is 0 Å². The van der Waals surface area contributed by atoms with Crippen LogP contribution in [0.4, 0.5) is 5.82 Å². The molecule has 0 fully saturated rings. The van der Waals surface area contributed by atoms with Crippen molar-refractivity contribution in [1.82, 2.24) is 9.97 Å². The Morgan fingerprint density at radius 2 is 2.20 bits per heavy atom. The van der Waals surface area contributed by atoms with Crippen LogP contribution in [0.25, 0.3) is 6.08 Å². The first-order chi connectivity index (χ1) is 7.17. The summed E-state index contributed by atoms with van der Waals surface area (Å²) in [5.74, 6) is 0.905. The number of rotatable bonds is 4. The van der Waals surface area contributed by atoms with Crippen molar-refractivity contribution >= 4 is 23.7 Å². The summed E-state index contributed by atoms with van der Waals surface area (Å²) < 4.78 is 0. The van der Waals surface area contributed by atoms with Crippen molar-refractivity contribution in [3.63, 3.8) is 0 Å². The van der Waals surface area contributed by atoms with Gasteiger partial charge >= 0.3 is 0 Å². The summed E-state index contributed by atoms with van der Waals surface area (Å²) in [7, 11) is 0. The Morgan fingerprint density at radius 1 is 1.47 bits per heavy atom. The highest BCUT2D eigenvalue weighted by atomic mass is 32.2. The van der Waals surface area contributed by atoms with Gasteiger partial charge in [0.05, 0.1) is 0 Å². The molecule has 0 aromatic carbocycles. The molecule has 15 heavy (non-hydrogen) atoms. The standard InChI is InChI=1S/C11H17N3S/c1-5-6-9-7-12-11(15-4)14-10(9)13-8(2)3/h5-8H,1-4H3,(H,12,13,14)/b6-5+. The molecule has 1 N–H and O–H groups in total. The average Bonchev–Trinajstić information content (AvgIpc) is 2.20. The molecule has 1 rings (SSSR count). The van der Waals surface area contributed by atoms with E-state index in [-0.39, 0.29) is 0 Å². The van der Waals surface area contributed by atoms with Crippen LogP contribution in [0.1, 0.15) is 26.3 Å². The molecule has 0 aliphatic carbocycles. The van der Waals surface area contributed by atoms with Crippen molar-refractivity contribution in [2.45, 2.75) is 32.0 Å². The van der Waals surface area contributed by atoms with E-state index < -0.39 is 0 Å². The molecule has 1 heterocycles. The first kappa shape index (κ1) is 12.0. The molecule has 0 radical (unpaired) electrons. The van der Waals surface area contributed by atoms with E-state index >= 15 is 0 Å². The molecule has 0 saturated carbocycles. The van der Waals surface area contributed by atoms with Crippen molar-refractivity contribution in [2.24, 2.45) is 0 Å². The van der Waals surface area contributed by atoms with Gasteiger partial charge in [-0.3, -0.25) is 0 Å². The highest BCUT2D eigenvalue weighted by molar-refractivity contribution is 7.98. The van der Waals surface area contributed by atoms with E-state index in [0.29, 0.717) is 6.04 Å². The lowest BCUT2D eigenvalue weighted by Gasteiger charge is -2.12. The van der Waals surface area contributed by atoms with Crippen molar-refractivity contribution in [3.8, 4) is 0 Å². The van der Waals surface area contributed by atoms with Gasteiger partial charge in [-0.15, -0.1) is 0 Å². The molecule has 0 bridgehead atoms. The fourth-order valence-electron chi connectivity index (χ4n) is 1.16. The molecule has 0 atom stereocenters. The van der Waals surface area contributed by atoms with E-state index in [1.54, 1.807) is 11.8 Å². The molecule has 0 aliphatic rings. The number of hydrogen-bond donors (Lipinski definition) is 1. The predicted molar refractivity (Wildman–Crippen MR) is 67.3 cm³/mol. The summed E-state index contributed by atoms with van der Waals surface area (Å²) in [5, 5.41) is 4.11. The van der Waals surface area contributed by atoms with Gasteiger partial charge in [0.15, 0.2) is 5.16 Å². The first-order valence-electron chi connectivity index (χ1n) is 4.97. The number of thioether (sulfide) groups is 1. The van der Waals surface area contributed by atoms with Crippen molar-refractivity contribution in [3.05, 3.63) is 17.8 Å². The zero-order valence-corrected chi connectivity index (χ0v) is 10.4. The Morgan fingerprint density at radius 3 is 2.73 bits per heavy atom. The van der Waals surface area contributed by atoms with Crippen LogP contribution in [-0.4, -0.2) is 22.3 Å². The van der Waals surface area contributed by atoms with Crippen molar-refractivity contribution in [2.75, 3.05) is 11.6 Å². The topological polar surface area (TPSA) is 37.8 Å². The van der Waals surface area contributed by atoms with E-state index in [2.05, 4.69) is 29.1 Å². The van der Waals surface area contributed by atoms with E-state index in [1.807, 2.05) is 31.5 Å². The fourth-order valence-corrected chi connectivity index (χ4v) is 1.50.